The van der Waals surface area contributed by atoms with Crippen molar-refractivity contribution in [2.45, 2.75) is 273 Å². The van der Waals surface area contributed by atoms with Gasteiger partial charge in [-0.15, -0.1) is 0 Å². The van der Waals surface area contributed by atoms with Gasteiger partial charge in [0.25, 0.3) is 0 Å². The van der Waals surface area contributed by atoms with Gasteiger partial charge in [0, 0.05) is 0 Å². The molecule has 0 saturated heterocycles. The Labute approximate surface area is 411 Å². The fourth-order valence-corrected chi connectivity index (χ4v) is 15.6. The quantitative estimate of drug-likeness (QED) is 0.152. The highest BCUT2D eigenvalue weighted by atomic mass is 16.6. The Morgan fingerprint density at radius 2 is 0.682 bits per heavy atom. The lowest BCUT2D eigenvalue weighted by Gasteiger charge is -2.62. The van der Waals surface area contributed by atoms with Gasteiger partial charge in [0.15, 0.2) is 0 Å². The molecule has 12 saturated carbocycles. The lowest BCUT2D eigenvalue weighted by Crippen LogP contribution is -2.63. The number of hydrogen-bond donors (Lipinski definition) is 0. The molecule has 0 amide bonds. The van der Waals surface area contributed by atoms with E-state index in [1.165, 1.54) is 96.3 Å². The average Bonchev–Trinajstić information content (AvgIpc) is 3.19. The molecule has 0 N–H and O–H groups in total. The fourth-order valence-electron chi connectivity index (χ4n) is 15.6. The highest BCUT2D eigenvalue weighted by Crippen LogP contribution is 2.64. The van der Waals surface area contributed by atoms with Gasteiger partial charge in [-0.2, -0.15) is 0 Å². The largest absolute Gasteiger partial charge is 0.458 e. The first kappa shape index (κ1) is 62.4. The van der Waals surface area contributed by atoms with Gasteiger partial charge in [0.05, 0.1) is 16.2 Å². The Bertz CT molecular complexity index is 1480. The summed E-state index contributed by atoms with van der Waals surface area (Å²) in [5, 5.41) is 0. The summed E-state index contributed by atoms with van der Waals surface area (Å²) < 4.78 is 18.8. The fraction of sp³-hybridized carbons (Fsp3) is 0.950. The predicted octanol–water partition coefficient (Wildman–Crippen LogP) is 17.4. The van der Waals surface area contributed by atoms with E-state index in [1.807, 2.05) is 41.5 Å². The average molecular weight is 932 g/mol. The van der Waals surface area contributed by atoms with Crippen LogP contribution in [0.4, 0.5) is 0 Å². The Hall–Kier alpha value is -1.59. The van der Waals surface area contributed by atoms with Crippen LogP contribution in [0.1, 0.15) is 257 Å². The molecule has 0 heterocycles. The molecule has 0 aromatic carbocycles. The Morgan fingerprint density at radius 1 is 0.424 bits per heavy atom. The van der Waals surface area contributed by atoms with Crippen molar-refractivity contribution in [1.82, 2.24) is 0 Å². The Morgan fingerprint density at radius 3 is 0.955 bits per heavy atom. The van der Waals surface area contributed by atoms with Crippen LogP contribution in [0.15, 0.2) is 0 Å². The number of carbonyl (C=O) groups excluding carboxylic acids is 3. The highest BCUT2D eigenvalue weighted by Gasteiger charge is 2.62. The molecule has 0 aromatic heterocycles. The summed E-state index contributed by atoms with van der Waals surface area (Å²) in [7, 11) is 0. The first-order valence-corrected chi connectivity index (χ1v) is 25.8. The molecule has 12 rings (SSSR count). The van der Waals surface area contributed by atoms with Crippen LogP contribution in [0.2, 0.25) is 0 Å². The van der Waals surface area contributed by atoms with E-state index in [0.29, 0.717) is 41.4 Å². The molecule has 6 nitrogen and oxygen atoms in total. The summed E-state index contributed by atoms with van der Waals surface area (Å²) in [5.74, 6) is 9.81. The molecule has 0 aromatic rings. The molecule has 12 fully saturated rings. The lowest BCUT2D eigenvalue weighted by atomic mass is 9.47. The molecule has 0 spiro atoms. The van der Waals surface area contributed by atoms with Crippen molar-refractivity contribution in [3.05, 3.63) is 0 Å². The van der Waals surface area contributed by atoms with Crippen molar-refractivity contribution in [3.8, 4) is 0 Å². The van der Waals surface area contributed by atoms with E-state index in [9.17, 15) is 14.4 Å². The SMILES string of the molecule is C.C.C.C.C.C.CCC(C)(C)C(=O)OC1(C(C)C)C2CC3CC(C2)CC1C3.CCC(C)(C)C(=O)OC1(C)C2CC3CC(C2)CC1C3.CCC(C)(C)C(=O)OC1(CC)C2CC3CC(C2)CC1C3. The normalized spacial score (nSPS) is 39.0. The molecule has 6 heteroatoms. The van der Waals surface area contributed by atoms with Gasteiger partial charge in [-0.3, -0.25) is 14.4 Å². The molecule has 0 atom stereocenters. The van der Waals surface area contributed by atoms with Gasteiger partial charge < -0.3 is 14.2 Å². The van der Waals surface area contributed by atoms with E-state index in [1.54, 1.807) is 0 Å². The first-order valence-electron chi connectivity index (χ1n) is 25.8. The van der Waals surface area contributed by atoms with Crippen molar-refractivity contribution in [2.24, 2.45) is 93.2 Å². The summed E-state index contributed by atoms with van der Waals surface area (Å²) in [6, 6.07) is 0. The lowest BCUT2D eigenvalue weighted by molar-refractivity contribution is -0.231. The maximum atomic E-state index is 12.8. The minimum absolute atomic E-state index is 0. The smallest absolute Gasteiger partial charge is 0.312 e. The molecule has 66 heavy (non-hydrogen) atoms. The molecule has 0 aliphatic heterocycles. The maximum absolute atomic E-state index is 12.8. The summed E-state index contributed by atoms with van der Waals surface area (Å²) in [6.07, 6.45) is 23.5. The molecule has 390 valence electrons. The number of esters is 3. The third-order valence-corrected chi connectivity index (χ3v) is 20.3. The standard InChI is InChI=1S/C19H32O2.C18H30O2.C17H28O2.6CH4/c1-6-18(4,5)17(20)21-19(12(2)3)15-8-13-7-14(10-15)11-16(19)9-13;1-5-17(3,4)16(19)20-18(6-2)14-8-12-7-13(10-14)11-15(18)9-12;1-5-16(2,3)15(18)19-17(4)13-7-11-6-12(9-13)10-14(17)8-11;;;;;;/h12-16H,6-11H2,1-5H3;12-15H,5-11H2,1-4H3;11-14H,5-10H2,1-4H3;6*1H4. The molecule has 12 aliphatic carbocycles. The summed E-state index contributed by atoms with van der Waals surface area (Å²) in [5.41, 5.74) is -1.49. The minimum atomic E-state index is -0.351. The van der Waals surface area contributed by atoms with Crippen LogP contribution in [-0.2, 0) is 28.6 Å². The van der Waals surface area contributed by atoms with Crippen LogP contribution in [0, 0.1) is 93.2 Å². The Balaban J connectivity index is 0.000000474. The molecule has 12 bridgehead atoms. The zero-order valence-corrected chi connectivity index (χ0v) is 40.9. The molecule has 12 aliphatic rings. The zero-order chi connectivity index (χ0) is 43.8. The minimum Gasteiger partial charge on any atom is -0.458 e. The number of hydrogen-bond acceptors (Lipinski definition) is 6. The molecular weight excluding hydrogens is 817 g/mol. The van der Waals surface area contributed by atoms with Crippen molar-refractivity contribution >= 4 is 17.9 Å². The van der Waals surface area contributed by atoms with E-state index >= 15 is 0 Å². The van der Waals surface area contributed by atoms with Crippen molar-refractivity contribution in [1.29, 1.82) is 0 Å². The summed E-state index contributed by atoms with van der Waals surface area (Å²) in [4.78, 5) is 37.9. The third-order valence-electron chi connectivity index (χ3n) is 20.3. The monoisotopic (exact) mass is 931 g/mol. The summed E-state index contributed by atoms with van der Waals surface area (Å²) >= 11 is 0. The van der Waals surface area contributed by atoms with E-state index in [4.69, 9.17) is 14.2 Å². The summed E-state index contributed by atoms with van der Waals surface area (Å²) in [6.45, 7) is 27.4. The van der Waals surface area contributed by atoms with Crippen molar-refractivity contribution in [2.75, 3.05) is 0 Å². The van der Waals surface area contributed by atoms with E-state index in [2.05, 4.69) is 48.5 Å². The van der Waals surface area contributed by atoms with Crippen LogP contribution in [0.25, 0.3) is 0 Å². The number of ether oxygens (including phenoxy) is 3. The second-order valence-electron chi connectivity index (χ2n) is 25.3. The van der Waals surface area contributed by atoms with Crippen molar-refractivity contribution < 1.29 is 28.6 Å². The molecule has 0 unspecified atom stereocenters. The van der Waals surface area contributed by atoms with Gasteiger partial charge >= 0.3 is 17.9 Å². The van der Waals surface area contributed by atoms with Crippen LogP contribution in [0.3, 0.4) is 0 Å². The Kier molecular flexibility index (Phi) is 21.4. The van der Waals surface area contributed by atoms with Gasteiger partial charge in [-0.05, 0) is 247 Å². The van der Waals surface area contributed by atoms with Crippen LogP contribution < -0.4 is 0 Å². The topological polar surface area (TPSA) is 78.9 Å². The van der Waals surface area contributed by atoms with Gasteiger partial charge in [0.1, 0.15) is 16.8 Å². The zero-order valence-electron chi connectivity index (χ0n) is 40.9. The first-order chi connectivity index (χ1) is 28.0. The maximum Gasteiger partial charge on any atom is 0.312 e. The number of carbonyl (C=O) groups is 3. The predicted molar refractivity (Wildman–Crippen MR) is 281 cm³/mol. The number of rotatable bonds is 11. The van der Waals surface area contributed by atoms with Crippen LogP contribution in [0.5, 0.6) is 0 Å². The van der Waals surface area contributed by atoms with Crippen LogP contribution in [-0.4, -0.2) is 34.7 Å². The van der Waals surface area contributed by atoms with E-state index in [0.717, 1.165) is 61.2 Å². The van der Waals surface area contributed by atoms with E-state index in [-0.39, 0.29) is 95.5 Å². The van der Waals surface area contributed by atoms with Crippen LogP contribution >= 0.6 is 0 Å². The van der Waals surface area contributed by atoms with Gasteiger partial charge in [-0.1, -0.05) is 86.1 Å². The van der Waals surface area contributed by atoms with Crippen molar-refractivity contribution in [3.63, 3.8) is 0 Å². The molecule has 0 radical (unpaired) electrons. The second-order valence-corrected chi connectivity index (χ2v) is 25.3. The second kappa shape index (κ2) is 22.7. The van der Waals surface area contributed by atoms with Gasteiger partial charge in [-0.25, -0.2) is 0 Å². The molecular formula is C60H114O6. The highest BCUT2D eigenvalue weighted by molar-refractivity contribution is 5.77. The third kappa shape index (κ3) is 11.1. The van der Waals surface area contributed by atoms with E-state index < -0.39 is 0 Å². The van der Waals surface area contributed by atoms with Gasteiger partial charge in [0.2, 0.25) is 0 Å².